The van der Waals surface area contributed by atoms with Crippen LogP contribution in [0.1, 0.15) is 44.9 Å². The molecule has 4 atom stereocenters. The van der Waals surface area contributed by atoms with Crippen molar-refractivity contribution in [2.45, 2.75) is 63.2 Å². The van der Waals surface area contributed by atoms with Gasteiger partial charge in [0.1, 0.15) is 6.10 Å². The minimum absolute atomic E-state index is 0.0865. The number of nitrogens with one attached hydrogen (secondary N) is 1. The maximum Gasteiger partial charge on any atom is 0.246 e. The van der Waals surface area contributed by atoms with Crippen molar-refractivity contribution in [3.63, 3.8) is 0 Å². The molecule has 3 rings (SSSR count). The van der Waals surface area contributed by atoms with E-state index in [9.17, 15) is 9.59 Å². The summed E-state index contributed by atoms with van der Waals surface area (Å²) in [7, 11) is 0. The third-order valence-electron chi connectivity index (χ3n) is 5.71. The summed E-state index contributed by atoms with van der Waals surface area (Å²) in [5.74, 6) is 0.803. The molecule has 5 N–H and O–H groups in total. The summed E-state index contributed by atoms with van der Waals surface area (Å²) in [6.45, 7) is 0.473. The quantitative estimate of drug-likeness (QED) is 0.693. The fraction of sp³-hybridized carbons (Fsp3) is 0.875. The van der Waals surface area contributed by atoms with Crippen LogP contribution in [0.5, 0.6) is 0 Å². The second-order valence-corrected chi connectivity index (χ2v) is 7.17. The largest absolute Gasteiger partial charge is 0.367 e. The SMILES string of the molecule is NC(=O)C1CCC(CNC(=O)C2CC3CCCC(C2)C3N)O1. The molecule has 0 spiro atoms. The number of ether oxygens (including phenoxy) is 1. The Morgan fingerprint density at radius 3 is 2.36 bits per heavy atom. The van der Waals surface area contributed by atoms with Crippen molar-refractivity contribution in [1.29, 1.82) is 0 Å². The lowest BCUT2D eigenvalue weighted by Crippen LogP contribution is -2.49. The molecule has 3 fully saturated rings. The number of carbonyl (C=O) groups is 2. The van der Waals surface area contributed by atoms with Gasteiger partial charge in [-0.2, -0.15) is 0 Å². The van der Waals surface area contributed by atoms with Gasteiger partial charge in [0.15, 0.2) is 0 Å². The average molecular weight is 309 g/mol. The Morgan fingerprint density at radius 2 is 1.77 bits per heavy atom. The van der Waals surface area contributed by atoms with Gasteiger partial charge in [-0.25, -0.2) is 0 Å². The highest BCUT2D eigenvalue weighted by Gasteiger charge is 2.40. The number of primary amides is 1. The second kappa shape index (κ2) is 6.54. The van der Waals surface area contributed by atoms with Crippen LogP contribution in [0.4, 0.5) is 0 Å². The Labute approximate surface area is 131 Å². The number of carbonyl (C=O) groups excluding carboxylic acids is 2. The van der Waals surface area contributed by atoms with E-state index in [1.807, 2.05) is 0 Å². The average Bonchev–Trinajstić information content (AvgIpc) is 2.93. The molecule has 2 amide bonds. The normalized spacial score (nSPS) is 41.1. The standard InChI is InChI=1S/C16H27N3O3/c17-14-9-2-1-3-10(14)7-11(6-9)16(21)19-8-12-4-5-13(22-12)15(18)20/h9-14H,1-8,17H2,(H2,18,20)(H,19,21). The van der Waals surface area contributed by atoms with E-state index in [2.05, 4.69) is 5.32 Å². The molecule has 0 aromatic rings. The predicted molar refractivity (Wildman–Crippen MR) is 81.6 cm³/mol. The molecular weight excluding hydrogens is 282 g/mol. The summed E-state index contributed by atoms with van der Waals surface area (Å²) < 4.78 is 5.54. The lowest BCUT2D eigenvalue weighted by atomic mass is 9.65. The molecule has 2 saturated carbocycles. The minimum atomic E-state index is -0.492. The Morgan fingerprint density at radius 1 is 1.09 bits per heavy atom. The zero-order valence-electron chi connectivity index (χ0n) is 13.0. The third kappa shape index (κ3) is 3.27. The molecule has 6 heteroatoms. The van der Waals surface area contributed by atoms with E-state index in [0.29, 0.717) is 24.8 Å². The Hall–Kier alpha value is -1.14. The molecular formula is C16H27N3O3. The topological polar surface area (TPSA) is 107 Å². The molecule has 2 aliphatic carbocycles. The van der Waals surface area contributed by atoms with Crippen LogP contribution in [0.15, 0.2) is 0 Å². The number of rotatable bonds is 4. The number of hydrogen-bond donors (Lipinski definition) is 3. The van der Waals surface area contributed by atoms with Gasteiger partial charge >= 0.3 is 0 Å². The molecule has 0 aromatic carbocycles. The van der Waals surface area contributed by atoms with E-state index < -0.39 is 12.0 Å². The molecule has 1 saturated heterocycles. The first-order chi connectivity index (χ1) is 10.5. The third-order valence-corrected chi connectivity index (χ3v) is 5.71. The van der Waals surface area contributed by atoms with E-state index in [4.69, 9.17) is 16.2 Å². The smallest absolute Gasteiger partial charge is 0.246 e. The van der Waals surface area contributed by atoms with E-state index in [-0.39, 0.29) is 24.0 Å². The van der Waals surface area contributed by atoms with Crippen molar-refractivity contribution in [2.24, 2.45) is 29.2 Å². The van der Waals surface area contributed by atoms with Crippen LogP contribution < -0.4 is 16.8 Å². The molecule has 2 bridgehead atoms. The van der Waals surface area contributed by atoms with Gasteiger partial charge in [0, 0.05) is 18.5 Å². The Balaban J connectivity index is 1.46. The Kier molecular flexibility index (Phi) is 4.68. The van der Waals surface area contributed by atoms with Crippen LogP contribution in [-0.4, -0.2) is 36.6 Å². The molecule has 0 aromatic heterocycles. The van der Waals surface area contributed by atoms with Crippen LogP contribution in [-0.2, 0) is 14.3 Å². The summed E-state index contributed by atoms with van der Waals surface area (Å²) in [5, 5.41) is 3.00. The maximum atomic E-state index is 12.4. The minimum Gasteiger partial charge on any atom is -0.367 e. The fourth-order valence-corrected chi connectivity index (χ4v) is 4.43. The van der Waals surface area contributed by atoms with Crippen LogP contribution >= 0.6 is 0 Å². The summed E-state index contributed by atoms with van der Waals surface area (Å²) in [6.07, 6.45) is 6.24. The summed E-state index contributed by atoms with van der Waals surface area (Å²) >= 11 is 0. The molecule has 3 aliphatic rings. The highest BCUT2D eigenvalue weighted by molar-refractivity contribution is 5.79. The van der Waals surface area contributed by atoms with Gasteiger partial charge in [0.2, 0.25) is 11.8 Å². The second-order valence-electron chi connectivity index (χ2n) is 7.17. The van der Waals surface area contributed by atoms with Crippen molar-refractivity contribution >= 4 is 11.8 Å². The molecule has 0 radical (unpaired) electrons. The van der Waals surface area contributed by atoms with Gasteiger partial charge < -0.3 is 21.5 Å². The van der Waals surface area contributed by atoms with Gasteiger partial charge in [-0.3, -0.25) is 9.59 Å². The number of fused-ring (bicyclic) bond motifs is 2. The van der Waals surface area contributed by atoms with E-state index in [0.717, 1.165) is 32.1 Å². The van der Waals surface area contributed by atoms with Crippen molar-refractivity contribution in [3.05, 3.63) is 0 Å². The van der Waals surface area contributed by atoms with Gasteiger partial charge in [0.05, 0.1) is 6.10 Å². The molecule has 1 aliphatic heterocycles. The summed E-state index contributed by atoms with van der Waals surface area (Å²) in [6, 6.07) is 0.285. The molecule has 6 nitrogen and oxygen atoms in total. The fourth-order valence-electron chi connectivity index (χ4n) is 4.43. The Bertz CT molecular complexity index is 428. The van der Waals surface area contributed by atoms with Crippen molar-refractivity contribution in [3.8, 4) is 0 Å². The first kappa shape index (κ1) is 15.7. The van der Waals surface area contributed by atoms with E-state index in [1.165, 1.54) is 6.42 Å². The first-order valence-electron chi connectivity index (χ1n) is 8.52. The van der Waals surface area contributed by atoms with Gasteiger partial charge in [-0.1, -0.05) is 6.42 Å². The van der Waals surface area contributed by atoms with E-state index in [1.54, 1.807) is 0 Å². The molecule has 22 heavy (non-hydrogen) atoms. The lowest BCUT2D eigenvalue weighted by Gasteiger charge is -2.43. The number of hydrogen-bond acceptors (Lipinski definition) is 4. The van der Waals surface area contributed by atoms with Gasteiger partial charge in [0.25, 0.3) is 0 Å². The summed E-state index contributed by atoms with van der Waals surface area (Å²) in [5.41, 5.74) is 11.5. The monoisotopic (exact) mass is 309 g/mol. The highest BCUT2D eigenvalue weighted by Crippen LogP contribution is 2.41. The first-order valence-corrected chi connectivity index (χ1v) is 8.52. The lowest BCUT2D eigenvalue weighted by molar-refractivity contribution is -0.130. The van der Waals surface area contributed by atoms with Crippen LogP contribution in [0.25, 0.3) is 0 Å². The van der Waals surface area contributed by atoms with Gasteiger partial charge in [-0.15, -0.1) is 0 Å². The molecule has 4 unspecified atom stereocenters. The number of amides is 2. The van der Waals surface area contributed by atoms with Crippen molar-refractivity contribution < 1.29 is 14.3 Å². The van der Waals surface area contributed by atoms with E-state index >= 15 is 0 Å². The van der Waals surface area contributed by atoms with Crippen LogP contribution in [0.3, 0.4) is 0 Å². The van der Waals surface area contributed by atoms with Crippen LogP contribution in [0, 0.1) is 17.8 Å². The summed E-state index contributed by atoms with van der Waals surface area (Å²) in [4.78, 5) is 23.5. The molecule has 1 heterocycles. The highest BCUT2D eigenvalue weighted by atomic mass is 16.5. The van der Waals surface area contributed by atoms with Crippen LogP contribution in [0.2, 0.25) is 0 Å². The number of nitrogens with two attached hydrogens (primary N) is 2. The zero-order valence-corrected chi connectivity index (χ0v) is 13.0. The van der Waals surface area contributed by atoms with Gasteiger partial charge in [-0.05, 0) is 50.4 Å². The molecule has 124 valence electrons. The maximum absolute atomic E-state index is 12.4. The van der Waals surface area contributed by atoms with Crippen molar-refractivity contribution in [1.82, 2.24) is 5.32 Å². The predicted octanol–water partition coefficient (Wildman–Crippen LogP) is 0.289. The zero-order chi connectivity index (χ0) is 15.7. The van der Waals surface area contributed by atoms with Crippen molar-refractivity contribution in [2.75, 3.05) is 6.54 Å².